The number of imide groups is 1. The number of piperidine rings is 1. The molecule has 0 aromatic carbocycles. The quantitative estimate of drug-likeness (QED) is 0.734. The second-order valence-corrected chi connectivity index (χ2v) is 4.00. The zero-order chi connectivity index (χ0) is 13.1. The van der Waals surface area contributed by atoms with Crippen molar-refractivity contribution in [2.24, 2.45) is 0 Å². The molecule has 2 heterocycles. The third-order valence-electron chi connectivity index (χ3n) is 2.78. The Labute approximate surface area is 104 Å². The number of rotatable bonds is 3. The van der Waals surface area contributed by atoms with Gasteiger partial charge in [0.05, 0.1) is 12.7 Å². The van der Waals surface area contributed by atoms with E-state index < -0.39 is 6.04 Å². The van der Waals surface area contributed by atoms with Crippen molar-refractivity contribution in [3.8, 4) is 5.88 Å². The molecule has 0 radical (unpaired) electrons. The first-order valence-corrected chi connectivity index (χ1v) is 5.57. The lowest BCUT2D eigenvalue weighted by atomic mass is 10.1. The summed E-state index contributed by atoms with van der Waals surface area (Å²) >= 11 is 0. The molecule has 96 valence electrons. The van der Waals surface area contributed by atoms with Crippen LogP contribution >= 0.6 is 0 Å². The molecule has 7 heteroatoms. The van der Waals surface area contributed by atoms with Gasteiger partial charge >= 0.3 is 0 Å². The average Bonchev–Trinajstić information content (AvgIpc) is 2.35. The Morgan fingerprint density at radius 1 is 1.44 bits per heavy atom. The van der Waals surface area contributed by atoms with Gasteiger partial charge in [-0.2, -0.15) is 0 Å². The van der Waals surface area contributed by atoms with Crippen molar-refractivity contribution in [3.05, 3.63) is 11.9 Å². The fourth-order valence-corrected chi connectivity index (χ4v) is 1.78. The van der Waals surface area contributed by atoms with E-state index in [9.17, 15) is 9.59 Å². The molecule has 18 heavy (non-hydrogen) atoms. The van der Waals surface area contributed by atoms with E-state index in [4.69, 9.17) is 4.74 Å². The van der Waals surface area contributed by atoms with Crippen LogP contribution in [0.1, 0.15) is 18.4 Å². The summed E-state index contributed by atoms with van der Waals surface area (Å²) in [6.45, 7) is 1.80. The Bertz CT molecular complexity index is 489. The van der Waals surface area contributed by atoms with Crippen LogP contribution in [0.2, 0.25) is 0 Å². The minimum Gasteiger partial charge on any atom is -0.481 e. The van der Waals surface area contributed by atoms with Crippen LogP contribution in [-0.2, 0) is 9.59 Å². The molecule has 0 aliphatic carbocycles. The van der Waals surface area contributed by atoms with Gasteiger partial charge in [-0.05, 0) is 13.3 Å². The van der Waals surface area contributed by atoms with Crippen LogP contribution in [0.4, 0.5) is 5.82 Å². The summed E-state index contributed by atoms with van der Waals surface area (Å²) in [5, 5.41) is 5.28. The highest BCUT2D eigenvalue weighted by Gasteiger charge is 2.27. The van der Waals surface area contributed by atoms with Gasteiger partial charge in [0.1, 0.15) is 18.2 Å². The molecule has 0 saturated carbocycles. The first kappa shape index (κ1) is 12.3. The monoisotopic (exact) mass is 250 g/mol. The Morgan fingerprint density at radius 2 is 2.22 bits per heavy atom. The molecule has 1 aliphatic rings. The number of hydrogen-bond acceptors (Lipinski definition) is 6. The maximum atomic E-state index is 11.6. The second kappa shape index (κ2) is 4.99. The third kappa shape index (κ3) is 2.39. The normalized spacial score (nSPS) is 19.3. The number of ether oxygens (including phenoxy) is 1. The number of anilines is 1. The van der Waals surface area contributed by atoms with Gasteiger partial charge in [-0.3, -0.25) is 14.9 Å². The molecule has 1 fully saturated rings. The van der Waals surface area contributed by atoms with Crippen LogP contribution in [0.15, 0.2) is 6.33 Å². The Morgan fingerprint density at radius 3 is 2.89 bits per heavy atom. The van der Waals surface area contributed by atoms with Crippen LogP contribution < -0.4 is 15.4 Å². The highest BCUT2D eigenvalue weighted by molar-refractivity contribution is 6.01. The number of aromatic nitrogens is 2. The van der Waals surface area contributed by atoms with Crippen LogP contribution in [0.5, 0.6) is 5.88 Å². The minimum absolute atomic E-state index is 0.241. The summed E-state index contributed by atoms with van der Waals surface area (Å²) in [7, 11) is 1.52. The van der Waals surface area contributed by atoms with E-state index in [1.165, 1.54) is 13.4 Å². The summed E-state index contributed by atoms with van der Waals surface area (Å²) in [6.07, 6.45) is 2.14. The van der Waals surface area contributed by atoms with Gasteiger partial charge in [-0.25, -0.2) is 9.97 Å². The number of hydrogen-bond donors (Lipinski definition) is 2. The summed E-state index contributed by atoms with van der Waals surface area (Å²) in [4.78, 5) is 30.7. The number of methoxy groups -OCH3 is 1. The zero-order valence-corrected chi connectivity index (χ0v) is 10.2. The number of amides is 2. The molecule has 7 nitrogen and oxygen atoms in total. The first-order valence-electron chi connectivity index (χ1n) is 5.57. The van der Waals surface area contributed by atoms with E-state index in [1.807, 2.05) is 0 Å². The van der Waals surface area contributed by atoms with Gasteiger partial charge in [0.25, 0.3) is 0 Å². The lowest BCUT2D eigenvalue weighted by Gasteiger charge is -2.23. The van der Waals surface area contributed by atoms with E-state index >= 15 is 0 Å². The maximum Gasteiger partial charge on any atom is 0.249 e. The van der Waals surface area contributed by atoms with Crippen molar-refractivity contribution in [3.63, 3.8) is 0 Å². The minimum atomic E-state index is -0.457. The smallest absolute Gasteiger partial charge is 0.249 e. The summed E-state index contributed by atoms with van der Waals surface area (Å²) in [6, 6.07) is -0.457. The standard InChI is InChI=1S/C11H14N4O3/c1-6-9(12-5-13-11(6)18-2)14-7-3-4-8(16)15-10(7)17/h5,7H,3-4H2,1-2H3,(H,12,13,14)(H,15,16,17). The van der Waals surface area contributed by atoms with E-state index in [2.05, 4.69) is 20.6 Å². The lowest BCUT2D eigenvalue weighted by molar-refractivity contribution is -0.133. The molecule has 0 spiro atoms. The predicted molar refractivity (Wildman–Crippen MR) is 63.1 cm³/mol. The van der Waals surface area contributed by atoms with Crippen molar-refractivity contribution >= 4 is 17.6 Å². The molecule has 1 unspecified atom stereocenters. The molecular formula is C11H14N4O3. The van der Waals surface area contributed by atoms with Crippen molar-refractivity contribution < 1.29 is 14.3 Å². The van der Waals surface area contributed by atoms with Gasteiger partial charge in [-0.1, -0.05) is 0 Å². The van der Waals surface area contributed by atoms with E-state index in [-0.39, 0.29) is 11.8 Å². The topological polar surface area (TPSA) is 93.2 Å². The van der Waals surface area contributed by atoms with Crippen LogP contribution in [-0.4, -0.2) is 34.9 Å². The van der Waals surface area contributed by atoms with Gasteiger partial charge in [0, 0.05) is 6.42 Å². The number of nitrogens with zero attached hydrogens (tertiary/aromatic N) is 2. The SMILES string of the molecule is COc1ncnc(NC2CCC(=O)NC2=O)c1C. The highest BCUT2D eigenvalue weighted by Crippen LogP contribution is 2.21. The van der Waals surface area contributed by atoms with E-state index in [0.717, 1.165) is 5.56 Å². The summed E-state index contributed by atoms with van der Waals surface area (Å²) in [5.74, 6) is 0.425. The van der Waals surface area contributed by atoms with Gasteiger partial charge in [-0.15, -0.1) is 0 Å². The molecule has 1 aromatic heterocycles. The Kier molecular flexibility index (Phi) is 3.40. The second-order valence-electron chi connectivity index (χ2n) is 4.00. The molecule has 2 amide bonds. The molecule has 0 bridgehead atoms. The van der Waals surface area contributed by atoms with E-state index in [1.54, 1.807) is 6.92 Å². The van der Waals surface area contributed by atoms with Gasteiger partial charge < -0.3 is 10.1 Å². The molecule has 1 aliphatic heterocycles. The molecule has 2 rings (SSSR count). The molecule has 1 aromatic rings. The van der Waals surface area contributed by atoms with Gasteiger partial charge in [0.15, 0.2) is 0 Å². The third-order valence-corrected chi connectivity index (χ3v) is 2.78. The molecule has 1 saturated heterocycles. The maximum absolute atomic E-state index is 11.6. The predicted octanol–water partition coefficient (Wildman–Crippen LogP) is 0.0107. The highest BCUT2D eigenvalue weighted by atomic mass is 16.5. The summed E-state index contributed by atoms with van der Waals surface area (Å²) in [5.41, 5.74) is 0.727. The van der Waals surface area contributed by atoms with Crippen molar-refractivity contribution in [1.29, 1.82) is 0 Å². The van der Waals surface area contributed by atoms with Crippen LogP contribution in [0.3, 0.4) is 0 Å². The lowest BCUT2D eigenvalue weighted by Crippen LogP contribution is -2.47. The van der Waals surface area contributed by atoms with Crippen molar-refractivity contribution in [2.45, 2.75) is 25.8 Å². The van der Waals surface area contributed by atoms with E-state index in [0.29, 0.717) is 24.5 Å². The fraction of sp³-hybridized carbons (Fsp3) is 0.455. The molecule has 2 N–H and O–H groups in total. The Balaban J connectivity index is 2.14. The number of carbonyl (C=O) groups is 2. The van der Waals surface area contributed by atoms with Crippen molar-refractivity contribution in [2.75, 3.05) is 12.4 Å². The average molecular weight is 250 g/mol. The first-order chi connectivity index (χ1) is 8.61. The summed E-state index contributed by atoms with van der Waals surface area (Å²) < 4.78 is 5.07. The van der Waals surface area contributed by atoms with Crippen molar-refractivity contribution in [1.82, 2.24) is 15.3 Å². The number of carbonyl (C=O) groups excluding carboxylic acids is 2. The fourth-order valence-electron chi connectivity index (χ4n) is 1.78. The van der Waals surface area contributed by atoms with Crippen LogP contribution in [0, 0.1) is 6.92 Å². The largest absolute Gasteiger partial charge is 0.481 e. The van der Waals surface area contributed by atoms with Gasteiger partial charge in [0.2, 0.25) is 17.7 Å². The number of nitrogens with one attached hydrogen (secondary N) is 2. The Hall–Kier alpha value is -2.18. The molecule has 1 atom stereocenters. The van der Waals surface area contributed by atoms with Crippen LogP contribution in [0.25, 0.3) is 0 Å². The zero-order valence-electron chi connectivity index (χ0n) is 10.2. The molecular weight excluding hydrogens is 236 g/mol.